The lowest BCUT2D eigenvalue weighted by Gasteiger charge is -2.46. The van der Waals surface area contributed by atoms with E-state index >= 15 is 0 Å². The van der Waals surface area contributed by atoms with Crippen LogP contribution in [0.5, 0.6) is 5.75 Å². The number of benzene rings is 5. The largest absolute Gasteiger partial charge is 0.497 e. The van der Waals surface area contributed by atoms with Crippen molar-refractivity contribution in [2.45, 2.75) is 147 Å². The number of halogens is 4. The fraction of sp³-hybridized carbons (Fsp3) is 0.486. The number of amides is 6. The van der Waals surface area contributed by atoms with Crippen LogP contribution in [0.2, 0.25) is 20.1 Å². The third kappa shape index (κ3) is 14.6. The highest BCUT2D eigenvalue weighted by Crippen LogP contribution is 2.59. The number of anilines is 4. The van der Waals surface area contributed by atoms with Crippen LogP contribution in [0, 0.1) is 5.92 Å². The number of rotatable bonds is 15. The summed E-state index contributed by atoms with van der Waals surface area (Å²) < 4.78 is 37.7. The van der Waals surface area contributed by atoms with Gasteiger partial charge in [-0.05, 0) is 155 Å². The van der Waals surface area contributed by atoms with E-state index in [1.807, 2.05) is 77.1 Å². The van der Waals surface area contributed by atoms with E-state index in [1.54, 1.807) is 90.0 Å². The van der Waals surface area contributed by atoms with Crippen LogP contribution >= 0.6 is 46.4 Å². The van der Waals surface area contributed by atoms with E-state index in [0.29, 0.717) is 58.9 Å². The van der Waals surface area contributed by atoms with Gasteiger partial charge in [0.2, 0.25) is 17.7 Å². The Morgan fingerprint density at radius 3 is 1.45 bits per heavy atom. The second-order valence-corrected chi connectivity index (χ2v) is 29.7. The van der Waals surface area contributed by atoms with Crippen LogP contribution in [-0.2, 0) is 80.6 Å². The quantitative estimate of drug-likeness (QED) is 0.0444. The van der Waals surface area contributed by atoms with Crippen LogP contribution in [0.25, 0.3) is 0 Å². The Bertz CT molecular complexity index is 3930. The summed E-state index contributed by atoms with van der Waals surface area (Å²) in [6.07, 6.45) is -0.118. The predicted octanol–water partition coefficient (Wildman–Crippen LogP) is 12.9. The molecule has 1 aliphatic carbocycles. The standard InChI is InChI=1S/C24H28ClNO3.C20H27ClN2O5.C16H17ClN2O4.C14H15ClN2O3/c1-23(2,3)29-22(27)17-12-24(13-17)15-26(20-7-5-6-19(25)21(20)24)14-16-8-10-18(28-4)11-9-16;1-5-26-16(27-6-2)10-23-15-9-7-8-14(21)17(15)20(18(23)24)11-22(12-20)19(25)28-13(3)4;1-10(2)23-15(22)18-8-16(9-18)13-11(17)4-3-5-12(13)19(6-7-20)14(16)21;1-8(2)20-13(19)17-6-14(7-17)11-9(15)4-3-5-10(11)16-12(14)18/h5-11,17H,12-15H2,1-4H3;7-9,13,16H,5-6,10-12H2,1-4H3;3-5,7,10H,6,8-9H2,1-2H3;3-5,8H,6-7H2,1-2H3,(H,16,18). The van der Waals surface area contributed by atoms with E-state index in [2.05, 4.69) is 28.4 Å². The molecule has 0 unspecified atom stereocenters. The van der Waals surface area contributed by atoms with Gasteiger partial charge in [-0.2, -0.15) is 0 Å². The Morgan fingerprint density at radius 1 is 0.570 bits per heavy atom. The topological polar surface area (TPSA) is 233 Å². The number of methoxy groups -OCH3 is 1. The lowest BCUT2D eigenvalue weighted by atomic mass is 9.59. The number of esters is 1. The monoisotopic (exact) mass is 1450 g/mol. The summed E-state index contributed by atoms with van der Waals surface area (Å²) in [5.74, 6) is 0.322. The zero-order chi connectivity index (χ0) is 72.6. The van der Waals surface area contributed by atoms with Crippen molar-refractivity contribution < 1.29 is 71.5 Å². The highest BCUT2D eigenvalue weighted by atomic mass is 35.5. The molecular weight excluding hydrogens is 1370 g/mol. The number of carbonyl (C=O) groups excluding carboxylic acids is 8. The first kappa shape index (κ1) is 74.8. The van der Waals surface area contributed by atoms with Crippen LogP contribution in [0.1, 0.15) is 117 Å². The molecule has 7 aliphatic heterocycles. The number of nitrogens with one attached hydrogen (secondary N) is 1. The lowest BCUT2D eigenvalue weighted by Crippen LogP contribution is -2.65. The van der Waals surface area contributed by atoms with Gasteiger partial charge < -0.3 is 72.7 Å². The second kappa shape index (κ2) is 30.0. The molecule has 8 aliphatic rings. The number of aldehydes is 1. The van der Waals surface area contributed by atoms with Gasteiger partial charge in [0.15, 0.2) is 6.29 Å². The minimum atomic E-state index is -0.868. The number of hydrogen-bond acceptors (Lipinski definition) is 16. The van der Waals surface area contributed by atoms with Crippen LogP contribution in [0.4, 0.5) is 37.1 Å². The Kier molecular flexibility index (Phi) is 22.4. The first-order valence-electron chi connectivity index (χ1n) is 33.6. The molecule has 6 amide bonds. The molecule has 22 nitrogen and oxygen atoms in total. The smallest absolute Gasteiger partial charge is 0.410 e. The molecule has 1 N–H and O–H groups in total. The Morgan fingerprint density at radius 2 is 1.00 bits per heavy atom. The molecule has 4 spiro atoms. The van der Waals surface area contributed by atoms with E-state index in [9.17, 15) is 38.4 Å². The summed E-state index contributed by atoms with van der Waals surface area (Å²) >= 11 is 25.7. The molecule has 536 valence electrons. The molecular formula is C74H87Cl4N7O15. The van der Waals surface area contributed by atoms with E-state index < -0.39 is 40.3 Å². The van der Waals surface area contributed by atoms with E-state index in [4.69, 9.17) is 79.6 Å². The maximum atomic E-state index is 13.4. The van der Waals surface area contributed by atoms with Crippen molar-refractivity contribution in [3.63, 3.8) is 0 Å². The Labute approximate surface area is 603 Å². The highest BCUT2D eigenvalue weighted by molar-refractivity contribution is 6.35. The van der Waals surface area contributed by atoms with Crippen molar-refractivity contribution in [1.82, 2.24) is 14.7 Å². The first-order chi connectivity index (χ1) is 47.4. The van der Waals surface area contributed by atoms with Crippen LogP contribution in [-0.4, -0.2) is 172 Å². The average Bonchev–Trinajstić information content (AvgIpc) is 1.55. The molecule has 13 rings (SSSR count). The van der Waals surface area contributed by atoms with Crippen molar-refractivity contribution in [2.75, 3.05) is 99.2 Å². The molecule has 100 heavy (non-hydrogen) atoms. The van der Waals surface area contributed by atoms with E-state index in [-0.39, 0.29) is 98.7 Å². The summed E-state index contributed by atoms with van der Waals surface area (Å²) in [7, 11) is 1.68. The zero-order valence-electron chi connectivity index (χ0n) is 58.4. The van der Waals surface area contributed by atoms with Gasteiger partial charge in [0.05, 0.1) is 50.1 Å². The first-order valence-corrected chi connectivity index (χ1v) is 35.2. The van der Waals surface area contributed by atoms with Gasteiger partial charge in [-0.3, -0.25) is 19.2 Å². The average molecular weight is 1460 g/mol. The highest BCUT2D eigenvalue weighted by Gasteiger charge is 2.63. The number of nitrogens with zero attached hydrogens (tertiary/aromatic N) is 6. The fourth-order valence-electron chi connectivity index (χ4n) is 14.6. The lowest BCUT2D eigenvalue weighted by molar-refractivity contribution is -0.165. The minimum Gasteiger partial charge on any atom is -0.497 e. The summed E-state index contributed by atoms with van der Waals surface area (Å²) in [5, 5.41) is 5.17. The minimum absolute atomic E-state index is 0.0234. The Hall–Kier alpha value is -7.86. The van der Waals surface area contributed by atoms with E-state index in [1.165, 1.54) is 36.4 Å². The molecule has 26 heteroatoms. The number of ether oxygens (including phenoxy) is 7. The number of fused-ring (bicyclic) bond motifs is 8. The van der Waals surface area contributed by atoms with Gasteiger partial charge in [-0.25, -0.2) is 14.4 Å². The van der Waals surface area contributed by atoms with Gasteiger partial charge in [0.25, 0.3) is 0 Å². The fourth-order valence-corrected chi connectivity index (χ4v) is 16.0. The van der Waals surface area contributed by atoms with Crippen molar-refractivity contribution in [3.8, 4) is 5.75 Å². The third-order valence-corrected chi connectivity index (χ3v) is 20.0. The second-order valence-electron chi connectivity index (χ2n) is 28.1. The van der Waals surface area contributed by atoms with Crippen molar-refractivity contribution in [1.29, 1.82) is 0 Å². The molecule has 0 radical (unpaired) electrons. The zero-order valence-corrected chi connectivity index (χ0v) is 61.4. The van der Waals surface area contributed by atoms with Crippen molar-refractivity contribution >= 4 is 117 Å². The van der Waals surface area contributed by atoms with Gasteiger partial charge >= 0.3 is 24.2 Å². The molecule has 4 fully saturated rings. The van der Waals surface area contributed by atoms with Gasteiger partial charge in [-0.15, -0.1) is 0 Å². The molecule has 0 bridgehead atoms. The summed E-state index contributed by atoms with van der Waals surface area (Å²) in [4.78, 5) is 108. The normalized spacial score (nSPS) is 19.5. The molecule has 0 aromatic heterocycles. The molecule has 5 aromatic carbocycles. The third-order valence-electron chi connectivity index (χ3n) is 18.8. The molecule has 1 saturated carbocycles. The SMILES string of the molecule is CC(C)OC(=O)N1CC2(C1)C(=O)N(CC=O)c1cccc(Cl)c12.CC(C)OC(=O)N1CC2(C1)C(=O)Nc1cccc(Cl)c12.CCOC(CN1C(=O)C2(CN(C(=O)OC(C)C)C2)c2c(Cl)cccc21)OCC.COc1ccc(CN2CC3(CC(C(=O)OC(C)(C)C)C3)c3c(Cl)cccc32)cc1. The predicted molar refractivity (Wildman–Crippen MR) is 381 cm³/mol. The molecule has 5 aromatic rings. The summed E-state index contributed by atoms with van der Waals surface area (Å²) in [5.41, 5.74) is 5.02. The van der Waals surface area contributed by atoms with Crippen LogP contribution in [0.3, 0.4) is 0 Å². The maximum absolute atomic E-state index is 13.4. The molecule has 3 saturated heterocycles. The Balaban J connectivity index is 0.000000145. The van der Waals surface area contributed by atoms with Crippen molar-refractivity contribution in [3.05, 3.63) is 145 Å². The number of likely N-dealkylation sites (tertiary alicyclic amines) is 3. The van der Waals surface area contributed by atoms with Gasteiger partial charge in [0.1, 0.15) is 33.9 Å². The van der Waals surface area contributed by atoms with E-state index in [0.717, 1.165) is 59.2 Å². The maximum Gasteiger partial charge on any atom is 0.410 e. The number of carbonyl (C=O) groups is 8. The number of hydrogen-bond donors (Lipinski definition) is 1. The molecule has 0 atom stereocenters. The molecule has 7 heterocycles. The van der Waals surface area contributed by atoms with Crippen LogP contribution in [0.15, 0.2) is 97.1 Å². The van der Waals surface area contributed by atoms with Gasteiger partial charge in [0, 0.05) is 130 Å². The van der Waals surface area contributed by atoms with Crippen molar-refractivity contribution in [2.24, 2.45) is 5.92 Å². The summed E-state index contributed by atoms with van der Waals surface area (Å²) in [6.45, 7) is 24.6. The van der Waals surface area contributed by atoms with Gasteiger partial charge in [-0.1, -0.05) is 82.8 Å². The van der Waals surface area contributed by atoms with Crippen LogP contribution < -0.4 is 24.8 Å². The summed E-state index contributed by atoms with van der Waals surface area (Å²) in [6, 6.07) is 30.3.